The number of nitrogens with zero attached hydrogens (tertiary/aromatic N) is 2. The third-order valence-electron chi connectivity index (χ3n) is 1.93. The maximum absolute atomic E-state index is 9.86. The molecule has 5 heteroatoms. The quantitative estimate of drug-likeness (QED) is 0.942. The van der Waals surface area contributed by atoms with Gasteiger partial charge in [-0.1, -0.05) is 0 Å². The van der Waals surface area contributed by atoms with Crippen molar-refractivity contribution in [3.05, 3.63) is 45.1 Å². The molecule has 0 saturated heterocycles. The van der Waals surface area contributed by atoms with Crippen LogP contribution in [0.25, 0.3) is 0 Å². The summed E-state index contributed by atoms with van der Waals surface area (Å²) in [6.07, 6.45) is 5.17. The second kappa shape index (κ2) is 4.83. The van der Waals surface area contributed by atoms with Gasteiger partial charge in [0.15, 0.2) is 0 Å². The number of rotatable bonds is 3. The third kappa shape index (κ3) is 2.84. The van der Waals surface area contributed by atoms with Crippen molar-refractivity contribution in [3.63, 3.8) is 0 Å². The van der Waals surface area contributed by atoms with E-state index in [1.807, 2.05) is 11.4 Å². The molecule has 1 unspecified atom stereocenters. The number of thiazole rings is 1. The summed E-state index contributed by atoms with van der Waals surface area (Å²) in [6.45, 7) is 0. The van der Waals surface area contributed by atoms with Crippen molar-refractivity contribution in [2.75, 3.05) is 0 Å². The van der Waals surface area contributed by atoms with E-state index >= 15 is 0 Å². The van der Waals surface area contributed by atoms with Crippen molar-refractivity contribution in [1.82, 2.24) is 9.97 Å². The molecule has 2 aromatic rings. The van der Waals surface area contributed by atoms with Gasteiger partial charge < -0.3 is 5.11 Å². The van der Waals surface area contributed by atoms with Crippen molar-refractivity contribution in [2.45, 2.75) is 12.5 Å². The molecule has 2 aromatic heterocycles. The first-order chi connectivity index (χ1) is 7.25. The maximum atomic E-state index is 9.86. The highest BCUT2D eigenvalue weighted by atomic mass is 79.9. The van der Waals surface area contributed by atoms with E-state index in [0.717, 1.165) is 15.0 Å². The number of pyridine rings is 1. The van der Waals surface area contributed by atoms with Gasteiger partial charge in [0.1, 0.15) is 11.1 Å². The Morgan fingerprint density at radius 3 is 3.00 bits per heavy atom. The Hall–Kier alpha value is -0.780. The third-order valence-corrected chi connectivity index (χ3v) is 3.24. The van der Waals surface area contributed by atoms with E-state index in [2.05, 4.69) is 25.9 Å². The average Bonchev–Trinajstić information content (AvgIpc) is 2.70. The highest BCUT2D eigenvalue weighted by Crippen LogP contribution is 2.21. The number of hydrogen-bond acceptors (Lipinski definition) is 4. The van der Waals surface area contributed by atoms with E-state index in [0.29, 0.717) is 6.42 Å². The Balaban J connectivity index is 2.09. The fraction of sp³-hybridized carbons (Fsp3) is 0.200. The van der Waals surface area contributed by atoms with E-state index in [4.69, 9.17) is 0 Å². The summed E-state index contributed by atoms with van der Waals surface area (Å²) in [6, 6.07) is 1.95. The molecular formula is C10H9BrN2OS. The minimum Gasteiger partial charge on any atom is -0.386 e. The fourth-order valence-electron chi connectivity index (χ4n) is 1.28. The number of hydrogen-bond donors (Lipinski definition) is 1. The fourth-order valence-corrected chi connectivity index (χ4v) is 2.31. The molecule has 2 rings (SSSR count). The van der Waals surface area contributed by atoms with Gasteiger partial charge in [0.2, 0.25) is 0 Å². The predicted molar refractivity (Wildman–Crippen MR) is 62.7 cm³/mol. The van der Waals surface area contributed by atoms with Gasteiger partial charge in [-0.05, 0) is 27.6 Å². The molecule has 0 bridgehead atoms. The standard InChI is InChI=1S/C10H9BrN2OS/c11-8-3-7(5-12-6-8)4-9(14)10-13-1-2-15-10/h1-3,5-6,9,14H,4H2. The van der Waals surface area contributed by atoms with Crippen molar-refractivity contribution >= 4 is 27.3 Å². The summed E-state index contributed by atoms with van der Waals surface area (Å²) in [4.78, 5) is 8.11. The SMILES string of the molecule is OC(Cc1cncc(Br)c1)c1nccs1. The van der Waals surface area contributed by atoms with Gasteiger partial charge in [-0.25, -0.2) is 4.98 Å². The molecule has 0 aromatic carbocycles. The Bertz CT molecular complexity index is 433. The molecule has 0 radical (unpaired) electrons. The van der Waals surface area contributed by atoms with Crippen LogP contribution in [0.4, 0.5) is 0 Å². The molecule has 0 spiro atoms. The molecular weight excluding hydrogens is 276 g/mol. The minimum absolute atomic E-state index is 0.541. The topological polar surface area (TPSA) is 46.0 Å². The highest BCUT2D eigenvalue weighted by Gasteiger charge is 2.11. The largest absolute Gasteiger partial charge is 0.386 e. The first-order valence-electron chi connectivity index (χ1n) is 4.42. The van der Waals surface area contributed by atoms with Crippen molar-refractivity contribution < 1.29 is 5.11 Å². The molecule has 0 fully saturated rings. The van der Waals surface area contributed by atoms with Gasteiger partial charge >= 0.3 is 0 Å². The van der Waals surface area contributed by atoms with Crippen LogP contribution < -0.4 is 0 Å². The average molecular weight is 285 g/mol. The van der Waals surface area contributed by atoms with Crippen LogP contribution in [-0.4, -0.2) is 15.1 Å². The molecule has 0 aliphatic heterocycles. The predicted octanol–water partition coefficient (Wildman–Crippen LogP) is 2.58. The molecule has 0 saturated carbocycles. The Kier molecular flexibility index (Phi) is 3.45. The molecule has 0 aliphatic carbocycles. The number of halogens is 1. The zero-order valence-electron chi connectivity index (χ0n) is 7.80. The first kappa shape index (κ1) is 10.7. The summed E-state index contributed by atoms with van der Waals surface area (Å²) in [5, 5.41) is 12.5. The smallest absolute Gasteiger partial charge is 0.121 e. The van der Waals surface area contributed by atoms with Crippen LogP contribution >= 0.6 is 27.3 Å². The zero-order valence-corrected chi connectivity index (χ0v) is 10.2. The van der Waals surface area contributed by atoms with Gasteiger partial charge in [0.25, 0.3) is 0 Å². The zero-order chi connectivity index (χ0) is 10.7. The van der Waals surface area contributed by atoms with Crippen LogP contribution in [0.3, 0.4) is 0 Å². The molecule has 0 aliphatic rings. The minimum atomic E-state index is -0.541. The van der Waals surface area contributed by atoms with Gasteiger partial charge in [-0.3, -0.25) is 4.98 Å². The van der Waals surface area contributed by atoms with Gasteiger partial charge in [-0.15, -0.1) is 11.3 Å². The van der Waals surface area contributed by atoms with E-state index in [-0.39, 0.29) is 0 Å². The second-order valence-corrected chi connectivity index (χ2v) is 4.94. The van der Waals surface area contributed by atoms with E-state index in [1.165, 1.54) is 11.3 Å². The van der Waals surface area contributed by atoms with E-state index in [9.17, 15) is 5.11 Å². The Morgan fingerprint density at radius 1 is 1.47 bits per heavy atom. The summed E-state index contributed by atoms with van der Waals surface area (Å²) < 4.78 is 0.923. The van der Waals surface area contributed by atoms with E-state index < -0.39 is 6.10 Å². The lowest BCUT2D eigenvalue weighted by molar-refractivity contribution is 0.178. The normalized spacial score (nSPS) is 12.7. The number of aromatic nitrogens is 2. The second-order valence-electron chi connectivity index (χ2n) is 3.10. The van der Waals surface area contributed by atoms with E-state index in [1.54, 1.807) is 18.6 Å². The van der Waals surface area contributed by atoms with Gasteiger partial charge in [0, 0.05) is 34.9 Å². The Labute approximate surface area is 100.0 Å². The summed E-state index contributed by atoms with van der Waals surface area (Å²) in [7, 11) is 0. The molecule has 0 amide bonds. The van der Waals surface area contributed by atoms with Crippen molar-refractivity contribution in [2.24, 2.45) is 0 Å². The van der Waals surface area contributed by atoms with Gasteiger partial charge in [-0.2, -0.15) is 0 Å². The summed E-state index contributed by atoms with van der Waals surface area (Å²) in [5.41, 5.74) is 0.993. The van der Waals surface area contributed by atoms with Gasteiger partial charge in [0.05, 0.1) is 0 Å². The lowest BCUT2D eigenvalue weighted by Crippen LogP contribution is -2.01. The molecule has 2 heterocycles. The molecule has 1 atom stereocenters. The van der Waals surface area contributed by atoms with Crippen LogP contribution in [0.1, 0.15) is 16.7 Å². The monoisotopic (exact) mass is 284 g/mol. The Morgan fingerprint density at radius 2 is 2.33 bits per heavy atom. The highest BCUT2D eigenvalue weighted by molar-refractivity contribution is 9.10. The molecule has 15 heavy (non-hydrogen) atoms. The number of aliphatic hydroxyl groups excluding tert-OH is 1. The van der Waals surface area contributed by atoms with Crippen LogP contribution in [-0.2, 0) is 6.42 Å². The molecule has 78 valence electrons. The summed E-state index contributed by atoms with van der Waals surface area (Å²) in [5.74, 6) is 0. The van der Waals surface area contributed by atoms with Crippen LogP contribution in [0.15, 0.2) is 34.5 Å². The lowest BCUT2D eigenvalue weighted by atomic mass is 10.1. The lowest BCUT2D eigenvalue weighted by Gasteiger charge is -2.06. The maximum Gasteiger partial charge on any atom is 0.121 e. The van der Waals surface area contributed by atoms with Crippen molar-refractivity contribution in [1.29, 1.82) is 0 Å². The number of aliphatic hydroxyl groups is 1. The van der Waals surface area contributed by atoms with Crippen LogP contribution in [0, 0.1) is 0 Å². The molecule has 1 N–H and O–H groups in total. The van der Waals surface area contributed by atoms with Crippen molar-refractivity contribution in [3.8, 4) is 0 Å². The molecule has 3 nitrogen and oxygen atoms in total. The van der Waals surface area contributed by atoms with Crippen LogP contribution in [0.5, 0.6) is 0 Å². The first-order valence-corrected chi connectivity index (χ1v) is 6.10. The summed E-state index contributed by atoms with van der Waals surface area (Å²) >= 11 is 4.80. The van der Waals surface area contributed by atoms with Crippen LogP contribution in [0.2, 0.25) is 0 Å².